The van der Waals surface area contributed by atoms with Crippen molar-refractivity contribution in [3.05, 3.63) is 82.3 Å². The molecule has 1 amide bonds. The lowest BCUT2D eigenvalue weighted by molar-refractivity contribution is -0.115. The summed E-state index contributed by atoms with van der Waals surface area (Å²) in [5.41, 5.74) is 6.36. The van der Waals surface area contributed by atoms with Gasteiger partial charge in [0, 0.05) is 29.5 Å². The lowest BCUT2D eigenvalue weighted by atomic mass is 10.2. The molecule has 0 aliphatic carbocycles. The normalized spacial score (nSPS) is 16.6. The van der Waals surface area contributed by atoms with Crippen molar-refractivity contribution in [2.45, 2.75) is 27.2 Å². The minimum atomic E-state index is -0.118. The molecule has 1 aliphatic heterocycles. The van der Waals surface area contributed by atoms with E-state index in [9.17, 15) is 4.79 Å². The van der Waals surface area contributed by atoms with Crippen LogP contribution in [0.15, 0.2) is 64.8 Å². The minimum absolute atomic E-state index is 0.118. The van der Waals surface area contributed by atoms with Crippen LogP contribution in [0.2, 0.25) is 0 Å². The van der Waals surface area contributed by atoms with E-state index in [-0.39, 0.29) is 5.91 Å². The summed E-state index contributed by atoms with van der Waals surface area (Å²) in [5.74, 6) is -0.118. The first-order valence-electron chi connectivity index (χ1n) is 9.53. The second-order valence-electron chi connectivity index (χ2n) is 6.87. The fraction of sp³-hybridized carbons (Fsp3) is 0.174. The van der Waals surface area contributed by atoms with E-state index in [1.807, 2.05) is 30.3 Å². The van der Waals surface area contributed by atoms with Crippen molar-refractivity contribution in [3.63, 3.8) is 0 Å². The molecule has 4 rings (SSSR count). The highest BCUT2D eigenvalue weighted by Crippen LogP contribution is 2.30. The topological polar surface area (TPSA) is 59.3 Å². The molecule has 0 saturated carbocycles. The zero-order valence-electron chi connectivity index (χ0n) is 16.6. The molecule has 1 N–H and O–H groups in total. The first kappa shape index (κ1) is 19.2. The lowest BCUT2D eigenvalue weighted by Crippen LogP contribution is -2.19. The molecule has 0 atom stereocenters. The van der Waals surface area contributed by atoms with Gasteiger partial charge in [-0.2, -0.15) is 0 Å². The number of carbonyl (C=O) groups excluding carboxylic acids is 1. The summed E-state index contributed by atoms with van der Waals surface area (Å²) in [6, 6.07) is 14.1. The summed E-state index contributed by atoms with van der Waals surface area (Å²) in [6.07, 6.45) is 6.49. The Labute approximate surface area is 174 Å². The molecule has 1 aliphatic rings. The van der Waals surface area contributed by atoms with Crippen molar-refractivity contribution < 1.29 is 4.79 Å². The van der Waals surface area contributed by atoms with E-state index in [4.69, 9.17) is 0 Å². The van der Waals surface area contributed by atoms with Crippen molar-refractivity contribution in [2.24, 2.45) is 4.99 Å². The molecule has 1 aromatic carbocycles. The van der Waals surface area contributed by atoms with Crippen molar-refractivity contribution in [1.82, 2.24) is 14.9 Å². The Morgan fingerprint density at radius 2 is 1.86 bits per heavy atom. The van der Waals surface area contributed by atoms with Crippen LogP contribution in [0.25, 0.3) is 11.8 Å². The van der Waals surface area contributed by atoms with Gasteiger partial charge in [0.1, 0.15) is 0 Å². The fourth-order valence-corrected chi connectivity index (χ4v) is 4.20. The summed E-state index contributed by atoms with van der Waals surface area (Å²) in [4.78, 5) is 21.8. The number of aromatic nitrogens is 2. The Bertz CT molecular complexity index is 1110. The SMILES string of the molecule is CCc1ccc(N=C2NC(=O)C(=Cc3cc(C)n(-c4ccncc4)c3C)S2)cc1. The quantitative estimate of drug-likeness (QED) is 0.629. The molecular weight excluding hydrogens is 380 g/mol. The molecule has 0 bridgehead atoms. The van der Waals surface area contributed by atoms with E-state index < -0.39 is 0 Å². The number of pyridine rings is 1. The van der Waals surface area contributed by atoms with E-state index >= 15 is 0 Å². The number of amidine groups is 1. The molecule has 5 nitrogen and oxygen atoms in total. The largest absolute Gasteiger partial charge is 0.318 e. The second-order valence-corrected chi connectivity index (χ2v) is 7.90. The smallest absolute Gasteiger partial charge is 0.264 e. The summed E-state index contributed by atoms with van der Waals surface area (Å²) in [5, 5.41) is 3.47. The van der Waals surface area contributed by atoms with Crippen LogP contribution in [0, 0.1) is 13.8 Å². The molecule has 3 heterocycles. The molecule has 146 valence electrons. The number of hydrogen-bond acceptors (Lipinski definition) is 4. The van der Waals surface area contributed by atoms with Crippen molar-refractivity contribution in [1.29, 1.82) is 0 Å². The van der Waals surface area contributed by atoms with Crippen LogP contribution < -0.4 is 5.32 Å². The lowest BCUT2D eigenvalue weighted by Gasteiger charge is -2.08. The number of hydrogen-bond donors (Lipinski definition) is 1. The highest BCUT2D eigenvalue weighted by molar-refractivity contribution is 8.18. The predicted octanol–water partition coefficient (Wildman–Crippen LogP) is 4.94. The van der Waals surface area contributed by atoms with Gasteiger partial charge in [-0.25, -0.2) is 4.99 Å². The Morgan fingerprint density at radius 3 is 2.55 bits per heavy atom. The summed E-state index contributed by atoms with van der Waals surface area (Å²) >= 11 is 1.37. The maximum Gasteiger partial charge on any atom is 0.264 e. The third-order valence-electron chi connectivity index (χ3n) is 4.90. The summed E-state index contributed by atoms with van der Waals surface area (Å²) < 4.78 is 2.16. The summed E-state index contributed by atoms with van der Waals surface area (Å²) in [6.45, 7) is 6.24. The van der Waals surface area contributed by atoms with Gasteiger partial charge in [0.2, 0.25) is 0 Å². The first-order chi connectivity index (χ1) is 14.0. The van der Waals surface area contributed by atoms with Gasteiger partial charge in [-0.15, -0.1) is 0 Å². The summed E-state index contributed by atoms with van der Waals surface area (Å²) in [7, 11) is 0. The van der Waals surface area contributed by atoms with Gasteiger partial charge in [-0.3, -0.25) is 9.78 Å². The number of nitrogens with zero attached hydrogens (tertiary/aromatic N) is 3. The Kier molecular flexibility index (Phi) is 5.36. The number of carbonyl (C=O) groups is 1. The van der Waals surface area contributed by atoms with Crippen LogP contribution in [0.3, 0.4) is 0 Å². The number of nitrogens with one attached hydrogen (secondary N) is 1. The molecule has 3 aromatic rings. The number of rotatable bonds is 4. The first-order valence-corrected chi connectivity index (χ1v) is 10.3. The Hall–Kier alpha value is -3.12. The maximum absolute atomic E-state index is 12.5. The Balaban J connectivity index is 1.60. The molecule has 0 unspecified atom stereocenters. The van der Waals surface area contributed by atoms with E-state index in [1.54, 1.807) is 12.4 Å². The highest BCUT2D eigenvalue weighted by Gasteiger charge is 2.24. The van der Waals surface area contributed by atoms with Gasteiger partial charge >= 0.3 is 0 Å². The Morgan fingerprint density at radius 1 is 1.14 bits per heavy atom. The average molecular weight is 403 g/mol. The van der Waals surface area contributed by atoms with Crippen molar-refractivity contribution >= 4 is 34.6 Å². The third-order valence-corrected chi connectivity index (χ3v) is 5.81. The van der Waals surface area contributed by atoms with E-state index in [0.717, 1.165) is 34.7 Å². The second kappa shape index (κ2) is 8.09. The number of amides is 1. The third kappa shape index (κ3) is 4.03. The highest BCUT2D eigenvalue weighted by atomic mass is 32.2. The molecule has 29 heavy (non-hydrogen) atoms. The van der Waals surface area contributed by atoms with Gasteiger partial charge in [-0.1, -0.05) is 19.1 Å². The zero-order valence-corrected chi connectivity index (χ0v) is 17.5. The van der Waals surface area contributed by atoms with Gasteiger partial charge in [-0.05, 0) is 79.6 Å². The van der Waals surface area contributed by atoms with Crippen LogP contribution in [-0.4, -0.2) is 20.6 Å². The van der Waals surface area contributed by atoms with Crippen molar-refractivity contribution in [3.8, 4) is 5.69 Å². The fourth-order valence-electron chi connectivity index (χ4n) is 3.37. The molecule has 0 radical (unpaired) electrons. The van der Waals surface area contributed by atoms with E-state index in [1.165, 1.54) is 17.3 Å². The van der Waals surface area contributed by atoms with Crippen LogP contribution in [0.4, 0.5) is 5.69 Å². The molecule has 1 fully saturated rings. The van der Waals surface area contributed by atoms with Crippen LogP contribution >= 0.6 is 11.8 Å². The number of aliphatic imine (C=N–C) groups is 1. The molecule has 2 aromatic heterocycles. The zero-order chi connectivity index (χ0) is 20.4. The average Bonchev–Trinajstić information content (AvgIpc) is 3.21. The van der Waals surface area contributed by atoms with Crippen molar-refractivity contribution in [2.75, 3.05) is 0 Å². The van der Waals surface area contributed by atoms with Gasteiger partial charge in [0.15, 0.2) is 5.17 Å². The molecule has 1 saturated heterocycles. The number of aryl methyl sites for hydroxylation is 2. The maximum atomic E-state index is 12.5. The van der Waals surface area contributed by atoms with Crippen LogP contribution in [0.1, 0.15) is 29.4 Å². The minimum Gasteiger partial charge on any atom is -0.318 e. The standard InChI is InChI=1S/C23H22N4OS/c1-4-17-5-7-19(8-6-17)25-23-26-22(28)21(29-23)14-18-13-15(2)27(16(18)3)20-9-11-24-12-10-20/h5-14H,4H2,1-3H3,(H,25,26,28). The van der Waals surface area contributed by atoms with Gasteiger partial charge in [0.25, 0.3) is 5.91 Å². The predicted molar refractivity (Wildman–Crippen MR) is 120 cm³/mol. The molecule has 0 spiro atoms. The van der Waals surface area contributed by atoms with Gasteiger partial charge in [0.05, 0.1) is 10.6 Å². The van der Waals surface area contributed by atoms with Crippen LogP contribution in [0.5, 0.6) is 0 Å². The van der Waals surface area contributed by atoms with E-state index in [0.29, 0.717) is 10.1 Å². The molecule has 6 heteroatoms. The molecular formula is C23H22N4OS. The number of thioether (sulfide) groups is 1. The monoisotopic (exact) mass is 402 g/mol. The number of benzene rings is 1. The van der Waals surface area contributed by atoms with Crippen LogP contribution in [-0.2, 0) is 11.2 Å². The van der Waals surface area contributed by atoms with E-state index in [2.05, 4.69) is 58.8 Å². The van der Waals surface area contributed by atoms with Gasteiger partial charge < -0.3 is 9.88 Å².